The molecule has 0 heterocycles. The first kappa shape index (κ1) is 19.7. The molecule has 0 aliphatic carbocycles. The molecule has 5 heteroatoms. The number of carbonyl (C=O) groups is 1. The molecule has 0 aliphatic rings. The summed E-state index contributed by atoms with van der Waals surface area (Å²) >= 11 is 0. The molecule has 120 valence electrons. The van der Waals surface area contributed by atoms with Crippen LogP contribution in [0, 0.1) is 0 Å². The fourth-order valence-corrected chi connectivity index (χ4v) is 1.80. The Morgan fingerprint density at radius 2 is 1.95 bits per heavy atom. The summed E-state index contributed by atoms with van der Waals surface area (Å²) in [5, 5.41) is 5.91. The summed E-state index contributed by atoms with van der Waals surface area (Å²) in [5.74, 6) is 1.14. The van der Waals surface area contributed by atoms with E-state index in [9.17, 15) is 4.79 Å². The average molecular weight is 315 g/mol. The van der Waals surface area contributed by atoms with Crippen LogP contribution in [0.1, 0.15) is 38.7 Å². The molecule has 1 aromatic rings. The zero-order valence-corrected chi connectivity index (χ0v) is 14.1. The van der Waals surface area contributed by atoms with E-state index in [4.69, 9.17) is 4.74 Å². The first-order valence-corrected chi connectivity index (χ1v) is 7.24. The van der Waals surface area contributed by atoms with E-state index in [1.165, 1.54) is 0 Å². The molecule has 0 spiro atoms. The number of ether oxygens (including phenoxy) is 1. The predicted molar refractivity (Wildman–Crippen MR) is 89.4 cm³/mol. The zero-order chi connectivity index (χ0) is 15.0. The molecule has 2 unspecified atom stereocenters. The monoisotopic (exact) mass is 314 g/mol. The number of nitrogens with one attached hydrogen (secondary N) is 2. The smallest absolute Gasteiger partial charge is 0.257 e. The van der Waals surface area contributed by atoms with Crippen molar-refractivity contribution in [1.82, 2.24) is 10.6 Å². The van der Waals surface area contributed by atoms with E-state index in [-0.39, 0.29) is 31.0 Å². The highest BCUT2D eigenvalue weighted by atomic mass is 35.5. The summed E-state index contributed by atoms with van der Waals surface area (Å²) in [6, 6.07) is 8.17. The number of hydrogen-bond acceptors (Lipinski definition) is 3. The summed E-state index contributed by atoms with van der Waals surface area (Å²) in [5.41, 5.74) is 1.16. The average Bonchev–Trinajstić information content (AvgIpc) is 2.49. The maximum Gasteiger partial charge on any atom is 0.257 e. The summed E-state index contributed by atoms with van der Waals surface area (Å²) in [4.78, 5) is 11.7. The predicted octanol–water partition coefficient (Wildman–Crippen LogP) is 2.72. The first-order chi connectivity index (χ1) is 9.58. The minimum absolute atomic E-state index is 0. The summed E-state index contributed by atoms with van der Waals surface area (Å²) in [7, 11) is 1.87. The van der Waals surface area contributed by atoms with Gasteiger partial charge in [0, 0.05) is 12.6 Å². The molecule has 4 nitrogen and oxygen atoms in total. The number of likely N-dealkylation sites (N-methyl/N-ethyl adjacent to an activating group) is 1. The van der Waals surface area contributed by atoms with Crippen molar-refractivity contribution in [3.63, 3.8) is 0 Å². The van der Waals surface area contributed by atoms with Crippen LogP contribution in [0.3, 0.4) is 0 Å². The normalized spacial score (nSPS) is 13.0. The highest BCUT2D eigenvalue weighted by molar-refractivity contribution is 5.85. The second-order valence-corrected chi connectivity index (χ2v) is 5.13. The Bertz CT molecular complexity index is 426. The van der Waals surface area contributed by atoms with Gasteiger partial charge in [-0.25, -0.2) is 0 Å². The van der Waals surface area contributed by atoms with Crippen molar-refractivity contribution in [3.8, 4) is 5.75 Å². The van der Waals surface area contributed by atoms with Crippen LogP contribution in [0.4, 0.5) is 0 Å². The molecular formula is C16H27ClN2O2. The number of benzene rings is 1. The Labute approximate surface area is 134 Å². The van der Waals surface area contributed by atoms with Crippen LogP contribution in [0.2, 0.25) is 0 Å². The van der Waals surface area contributed by atoms with Crippen LogP contribution >= 0.6 is 12.4 Å². The first-order valence-electron chi connectivity index (χ1n) is 7.24. The number of amides is 1. The molecule has 0 aliphatic heterocycles. The fourth-order valence-electron chi connectivity index (χ4n) is 1.80. The van der Waals surface area contributed by atoms with E-state index in [2.05, 4.69) is 30.5 Å². The summed E-state index contributed by atoms with van der Waals surface area (Å²) < 4.78 is 5.66. The zero-order valence-electron chi connectivity index (χ0n) is 13.3. The van der Waals surface area contributed by atoms with Gasteiger partial charge >= 0.3 is 0 Å². The van der Waals surface area contributed by atoms with Gasteiger partial charge in [0.2, 0.25) is 0 Å². The van der Waals surface area contributed by atoms with Crippen LogP contribution in [0.25, 0.3) is 0 Å². The Morgan fingerprint density at radius 1 is 1.29 bits per heavy atom. The molecule has 1 rings (SSSR count). The molecule has 1 amide bonds. The van der Waals surface area contributed by atoms with E-state index in [1.54, 1.807) is 0 Å². The van der Waals surface area contributed by atoms with Crippen molar-refractivity contribution in [2.24, 2.45) is 0 Å². The number of carbonyl (C=O) groups excluding carboxylic acids is 1. The lowest BCUT2D eigenvalue weighted by Gasteiger charge is -2.16. The summed E-state index contributed by atoms with van der Waals surface area (Å²) in [6.07, 6.45) is 1.05. The van der Waals surface area contributed by atoms with E-state index in [1.807, 2.05) is 32.2 Å². The van der Waals surface area contributed by atoms with Crippen molar-refractivity contribution >= 4 is 18.3 Å². The molecule has 0 fully saturated rings. The van der Waals surface area contributed by atoms with Crippen LogP contribution in [-0.2, 0) is 4.79 Å². The quantitative estimate of drug-likeness (QED) is 0.775. The molecule has 2 N–H and O–H groups in total. The third-order valence-corrected chi connectivity index (χ3v) is 3.52. The second-order valence-electron chi connectivity index (χ2n) is 5.13. The SMILES string of the molecule is CCC(C)c1ccccc1OCC(=O)NCC(C)NC.Cl. The van der Waals surface area contributed by atoms with Crippen molar-refractivity contribution in [2.75, 3.05) is 20.2 Å². The molecular weight excluding hydrogens is 288 g/mol. The third kappa shape index (κ3) is 6.82. The summed E-state index contributed by atoms with van der Waals surface area (Å²) in [6.45, 7) is 6.99. The Kier molecular flexibility index (Phi) is 9.84. The van der Waals surface area contributed by atoms with Crippen molar-refractivity contribution in [3.05, 3.63) is 29.8 Å². The van der Waals surface area contributed by atoms with Crippen molar-refractivity contribution in [1.29, 1.82) is 0 Å². The number of halogens is 1. The lowest BCUT2D eigenvalue weighted by Crippen LogP contribution is -2.39. The molecule has 21 heavy (non-hydrogen) atoms. The molecule has 0 radical (unpaired) electrons. The fraction of sp³-hybridized carbons (Fsp3) is 0.562. The van der Waals surface area contributed by atoms with E-state index in [0.717, 1.165) is 17.7 Å². The molecule has 0 saturated heterocycles. The molecule has 0 bridgehead atoms. The Hall–Kier alpha value is -1.26. The molecule has 2 atom stereocenters. The molecule has 1 aromatic carbocycles. The van der Waals surface area contributed by atoms with Crippen LogP contribution < -0.4 is 15.4 Å². The van der Waals surface area contributed by atoms with E-state index >= 15 is 0 Å². The van der Waals surface area contributed by atoms with Gasteiger partial charge in [-0.3, -0.25) is 4.79 Å². The van der Waals surface area contributed by atoms with Gasteiger partial charge in [0.25, 0.3) is 5.91 Å². The van der Waals surface area contributed by atoms with Crippen molar-refractivity contribution < 1.29 is 9.53 Å². The third-order valence-electron chi connectivity index (χ3n) is 3.52. The van der Waals surface area contributed by atoms with Gasteiger partial charge in [-0.2, -0.15) is 0 Å². The van der Waals surface area contributed by atoms with Gasteiger partial charge in [0.15, 0.2) is 6.61 Å². The van der Waals surface area contributed by atoms with Gasteiger partial charge in [-0.15, -0.1) is 12.4 Å². The Balaban J connectivity index is 0.00000400. The number of para-hydroxylation sites is 1. The van der Waals surface area contributed by atoms with Gasteiger partial charge in [-0.05, 0) is 37.9 Å². The van der Waals surface area contributed by atoms with E-state index < -0.39 is 0 Å². The lowest BCUT2D eigenvalue weighted by molar-refractivity contribution is -0.123. The van der Waals surface area contributed by atoms with Crippen molar-refractivity contribution in [2.45, 2.75) is 39.2 Å². The topological polar surface area (TPSA) is 50.4 Å². The second kappa shape index (κ2) is 10.5. The lowest BCUT2D eigenvalue weighted by atomic mass is 9.98. The van der Waals surface area contributed by atoms with Crippen LogP contribution in [0.5, 0.6) is 5.75 Å². The van der Waals surface area contributed by atoms with Crippen LogP contribution in [-0.4, -0.2) is 32.1 Å². The standard InChI is InChI=1S/C16H26N2O2.ClH/c1-5-12(2)14-8-6-7-9-15(14)20-11-16(19)18-10-13(3)17-4;/h6-9,12-13,17H,5,10-11H2,1-4H3,(H,18,19);1H. The largest absolute Gasteiger partial charge is 0.483 e. The minimum Gasteiger partial charge on any atom is -0.483 e. The number of hydrogen-bond donors (Lipinski definition) is 2. The number of rotatable bonds is 8. The van der Waals surface area contributed by atoms with Gasteiger partial charge < -0.3 is 15.4 Å². The van der Waals surface area contributed by atoms with Crippen LogP contribution in [0.15, 0.2) is 24.3 Å². The maximum absolute atomic E-state index is 11.7. The van der Waals surface area contributed by atoms with Gasteiger partial charge in [0.1, 0.15) is 5.75 Å². The van der Waals surface area contributed by atoms with Gasteiger partial charge in [-0.1, -0.05) is 32.0 Å². The highest BCUT2D eigenvalue weighted by Crippen LogP contribution is 2.28. The highest BCUT2D eigenvalue weighted by Gasteiger charge is 2.11. The Morgan fingerprint density at radius 3 is 2.57 bits per heavy atom. The maximum atomic E-state index is 11.7. The van der Waals surface area contributed by atoms with Gasteiger partial charge in [0.05, 0.1) is 0 Å². The minimum atomic E-state index is -0.0916. The molecule has 0 aromatic heterocycles. The van der Waals surface area contributed by atoms with E-state index in [0.29, 0.717) is 12.5 Å². The molecule has 0 saturated carbocycles.